The molecule has 2 fully saturated rings. The van der Waals surface area contributed by atoms with Crippen LogP contribution in [-0.2, 0) is 9.47 Å². The lowest BCUT2D eigenvalue weighted by molar-refractivity contribution is 0.0526. The van der Waals surface area contributed by atoms with E-state index in [1.54, 1.807) is 0 Å². The molecule has 1 aliphatic carbocycles. The van der Waals surface area contributed by atoms with E-state index >= 15 is 0 Å². The van der Waals surface area contributed by atoms with Crippen molar-refractivity contribution in [3.63, 3.8) is 0 Å². The van der Waals surface area contributed by atoms with Crippen LogP contribution in [0.3, 0.4) is 0 Å². The maximum Gasteiger partial charge on any atom is 0.343 e. The van der Waals surface area contributed by atoms with Crippen LogP contribution in [0.25, 0.3) is 0 Å². The quantitative estimate of drug-likeness (QED) is 0.784. The number of carbonyl (C=O) groups is 1. The highest BCUT2D eigenvalue weighted by molar-refractivity contribution is 5.94. The topological polar surface area (TPSA) is 56.6 Å². The van der Waals surface area contributed by atoms with E-state index in [1.807, 2.05) is 17.8 Å². The summed E-state index contributed by atoms with van der Waals surface area (Å²) in [6.45, 7) is 5.11. The summed E-state index contributed by atoms with van der Waals surface area (Å²) >= 11 is 0. The van der Waals surface area contributed by atoms with Crippen LogP contribution < -0.4 is 4.90 Å². The van der Waals surface area contributed by atoms with E-state index in [9.17, 15) is 4.79 Å². The predicted octanol–water partition coefficient (Wildman–Crippen LogP) is 1.62. The second kappa shape index (κ2) is 5.83. The van der Waals surface area contributed by atoms with Gasteiger partial charge in [-0.1, -0.05) is 0 Å². The molecule has 0 unspecified atom stereocenters. The van der Waals surface area contributed by atoms with E-state index < -0.39 is 0 Å². The van der Waals surface area contributed by atoms with Crippen LogP contribution >= 0.6 is 0 Å². The molecule has 0 amide bonds. The summed E-state index contributed by atoms with van der Waals surface area (Å²) in [5.41, 5.74) is 0.584. The van der Waals surface area contributed by atoms with Gasteiger partial charge in [0.05, 0.1) is 25.9 Å². The number of hydrogen-bond acceptors (Lipinski definition) is 5. The minimum atomic E-state index is -0.278. The maximum absolute atomic E-state index is 12.1. The van der Waals surface area contributed by atoms with Gasteiger partial charge in [-0.2, -0.15) is 5.10 Å². The van der Waals surface area contributed by atoms with E-state index in [2.05, 4.69) is 10.00 Å². The normalized spacial score (nSPS) is 19.8. The molecule has 1 aromatic heterocycles. The van der Waals surface area contributed by atoms with E-state index in [0.29, 0.717) is 31.4 Å². The summed E-state index contributed by atoms with van der Waals surface area (Å²) in [6.07, 6.45) is 5.39. The van der Waals surface area contributed by atoms with Crippen LogP contribution in [0.1, 0.15) is 42.6 Å². The molecule has 1 aliphatic heterocycles. The van der Waals surface area contributed by atoms with E-state index in [-0.39, 0.29) is 5.97 Å². The molecule has 110 valence electrons. The van der Waals surface area contributed by atoms with Crippen molar-refractivity contribution in [1.82, 2.24) is 9.78 Å². The van der Waals surface area contributed by atoms with Gasteiger partial charge in [-0.25, -0.2) is 4.79 Å². The van der Waals surface area contributed by atoms with Crippen molar-refractivity contribution < 1.29 is 14.3 Å². The van der Waals surface area contributed by atoms with Crippen molar-refractivity contribution in [3.05, 3.63) is 11.8 Å². The molecule has 1 saturated carbocycles. The van der Waals surface area contributed by atoms with Gasteiger partial charge < -0.3 is 14.4 Å². The second-order valence-corrected chi connectivity index (χ2v) is 5.25. The largest absolute Gasteiger partial charge is 0.462 e. The third kappa shape index (κ3) is 2.52. The highest BCUT2D eigenvalue weighted by atomic mass is 16.5. The molecule has 0 spiro atoms. The zero-order valence-electron chi connectivity index (χ0n) is 11.9. The zero-order chi connectivity index (χ0) is 13.9. The minimum Gasteiger partial charge on any atom is -0.462 e. The molecule has 2 heterocycles. The van der Waals surface area contributed by atoms with E-state index in [0.717, 1.165) is 31.7 Å². The van der Waals surface area contributed by atoms with Crippen LogP contribution in [0.4, 0.5) is 5.82 Å². The number of rotatable bonds is 4. The first-order valence-corrected chi connectivity index (χ1v) is 7.38. The Hall–Kier alpha value is -1.56. The number of hydrogen-bond donors (Lipinski definition) is 0. The SMILES string of the molecule is CCOC(=O)c1cn(C2CCC2)nc1N1CCOCC1. The van der Waals surface area contributed by atoms with Gasteiger partial charge in [-0.3, -0.25) is 4.68 Å². The van der Waals surface area contributed by atoms with Crippen molar-refractivity contribution in [2.75, 3.05) is 37.8 Å². The van der Waals surface area contributed by atoms with Crippen LogP contribution in [-0.4, -0.2) is 48.7 Å². The summed E-state index contributed by atoms with van der Waals surface area (Å²) in [5.74, 6) is 0.471. The minimum absolute atomic E-state index is 0.278. The summed E-state index contributed by atoms with van der Waals surface area (Å²) in [5, 5.41) is 4.65. The van der Waals surface area contributed by atoms with E-state index in [4.69, 9.17) is 9.47 Å². The fourth-order valence-corrected chi connectivity index (χ4v) is 2.58. The Kier molecular flexibility index (Phi) is 3.91. The lowest BCUT2D eigenvalue weighted by Gasteiger charge is -2.28. The standard InChI is InChI=1S/C14H21N3O3/c1-2-20-14(18)12-10-17(11-4-3-5-11)15-13(12)16-6-8-19-9-7-16/h10-11H,2-9H2,1H3. The third-order valence-corrected chi connectivity index (χ3v) is 3.97. The number of morpholine rings is 1. The number of aromatic nitrogens is 2. The van der Waals surface area contributed by atoms with Crippen molar-refractivity contribution in [2.45, 2.75) is 32.2 Å². The van der Waals surface area contributed by atoms with Gasteiger partial charge >= 0.3 is 5.97 Å². The summed E-state index contributed by atoms with van der Waals surface area (Å²) in [7, 11) is 0. The zero-order valence-corrected chi connectivity index (χ0v) is 11.9. The Morgan fingerprint density at radius 1 is 1.45 bits per heavy atom. The summed E-state index contributed by atoms with van der Waals surface area (Å²) < 4.78 is 12.5. The van der Waals surface area contributed by atoms with Gasteiger partial charge in [-0.15, -0.1) is 0 Å². The molecule has 2 aliphatic rings. The first kappa shape index (κ1) is 13.4. The van der Waals surface area contributed by atoms with Crippen molar-refractivity contribution >= 4 is 11.8 Å². The van der Waals surface area contributed by atoms with Crippen molar-refractivity contribution in [2.24, 2.45) is 0 Å². The Bertz CT molecular complexity index is 476. The molecule has 3 rings (SSSR count). The molecule has 0 aromatic carbocycles. The molecule has 0 N–H and O–H groups in total. The Morgan fingerprint density at radius 2 is 2.20 bits per heavy atom. The molecule has 1 saturated heterocycles. The predicted molar refractivity (Wildman–Crippen MR) is 74.1 cm³/mol. The number of anilines is 1. The lowest BCUT2D eigenvalue weighted by atomic mass is 9.93. The Balaban J connectivity index is 1.87. The van der Waals surface area contributed by atoms with Gasteiger partial charge in [0.25, 0.3) is 0 Å². The summed E-state index contributed by atoms with van der Waals surface area (Å²) in [6, 6.07) is 0.443. The molecule has 6 heteroatoms. The van der Waals surface area contributed by atoms with Crippen LogP contribution in [0.15, 0.2) is 6.20 Å². The first-order chi connectivity index (χ1) is 9.79. The molecule has 20 heavy (non-hydrogen) atoms. The van der Waals surface area contributed by atoms with Crippen LogP contribution in [0.5, 0.6) is 0 Å². The fraction of sp³-hybridized carbons (Fsp3) is 0.714. The molecular weight excluding hydrogens is 258 g/mol. The molecule has 1 aromatic rings. The fourth-order valence-electron chi connectivity index (χ4n) is 2.58. The van der Waals surface area contributed by atoms with Gasteiger partial charge in [0.1, 0.15) is 5.56 Å². The molecule has 0 bridgehead atoms. The highest BCUT2D eigenvalue weighted by Gasteiger charge is 2.28. The molecule has 6 nitrogen and oxygen atoms in total. The highest BCUT2D eigenvalue weighted by Crippen LogP contribution is 2.33. The van der Waals surface area contributed by atoms with Crippen molar-refractivity contribution in [1.29, 1.82) is 0 Å². The second-order valence-electron chi connectivity index (χ2n) is 5.25. The van der Waals surface area contributed by atoms with Crippen LogP contribution in [0.2, 0.25) is 0 Å². The number of nitrogens with zero attached hydrogens (tertiary/aromatic N) is 3. The average Bonchev–Trinajstić information content (AvgIpc) is 2.83. The van der Waals surface area contributed by atoms with Gasteiger partial charge in [0.2, 0.25) is 0 Å². The maximum atomic E-state index is 12.1. The van der Waals surface area contributed by atoms with Gasteiger partial charge in [-0.05, 0) is 26.2 Å². The third-order valence-electron chi connectivity index (χ3n) is 3.97. The monoisotopic (exact) mass is 279 g/mol. The lowest BCUT2D eigenvalue weighted by Crippen LogP contribution is -2.37. The van der Waals surface area contributed by atoms with Gasteiger partial charge in [0.15, 0.2) is 5.82 Å². The number of carbonyl (C=O) groups excluding carboxylic acids is 1. The van der Waals surface area contributed by atoms with Crippen molar-refractivity contribution in [3.8, 4) is 0 Å². The number of esters is 1. The average molecular weight is 279 g/mol. The van der Waals surface area contributed by atoms with E-state index in [1.165, 1.54) is 6.42 Å². The first-order valence-electron chi connectivity index (χ1n) is 7.38. The van der Waals surface area contributed by atoms with Crippen LogP contribution in [0, 0.1) is 0 Å². The smallest absolute Gasteiger partial charge is 0.343 e. The Morgan fingerprint density at radius 3 is 2.80 bits per heavy atom. The number of ether oxygens (including phenoxy) is 2. The Labute approximate surface area is 118 Å². The summed E-state index contributed by atoms with van der Waals surface area (Å²) in [4.78, 5) is 14.2. The molecule has 0 atom stereocenters. The van der Waals surface area contributed by atoms with Gasteiger partial charge in [0, 0.05) is 19.3 Å². The molecular formula is C14H21N3O3. The molecule has 0 radical (unpaired) electrons.